The van der Waals surface area contributed by atoms with Gasteiger partial charge in [0.25, 0.3) is 0 Å². The molecule has 0 heterocycles. The van der Waals surface area contributed by atoms with Gasteiger partial charge < -0.3 is 18.9 Å². The topological polar surface area (TPSA) is 54.0 Å². The molecule has 0 amide bonds. The highest BCUT2D eigenvalue weighted by molar-refractivity contribution is 5.89. The zero-order chi connectivity index (χ0) is 31.0. The van der Waals surface area contributed by atoms with Crippen LogP contribution >= 0.6 is 0 Å². The molecule has 3 aromatic rings. The van der Waals surface area contributed by atoms with Gasteiger partial charge in [-0.25, -0.2) is 9.18 Å². The third-order valence-electron chi connectivity index (χ3n) is 8.45. The molecule has 6 heteroatoms. The van der Waals surface area contributed by atoms with Crippen molar-refractivity contribution in [1.29, 1.82) is 0 Å². The Morgan fingerprint density at radius 2 is 1.36 bits per heavy atom. The maximum absolute atomic E-state index is 14.8. The van der Waals surface area contributed by atoms with E-state index < -0.39 is 0 Å². The summed E-state index contributed by atoms with van der Waals surface area (Å²) in [7, 11) is 1.74. The van der Waals surface area contributed by atoms with Gasteiger partial charge in [-0.05, 0) is 104 Å². The van der Waals surface area contributed by atoms with Gasteiger partial charge in [-0.15, -0.1) is 0 Å². The molecule has 44 heavy (non-hydrogen) atoms. The van der Waals surface area contributed by atoms with Crippen LogP contribution in [0.2, 0.25) is 0 Å². The van der Waals surface area contributed by atoms with Crippen LogP contribution in [0.1, 0.15) is 106 Å². The smallest absolute Gasteiger partial charge is 0.338 e. The molecule has 1 saturated carbocycles. The highest BCUT2D eigenvalue weighted by Gasteiger charge is 2.25. The predicted octanol–water partition coefficient (Wildman–Crippen LogP) is 9.92. The summed E-state index contributed by atoms with van der Waals surface area (Å²) >= 11 is 0. The summed E-state index contributed by atoms with van der Waals surface area (Å²) in [5.74, 6) is 0.924. The molecule has 238 valence electrons. The third-order valence-corrected chi connectivity index (χ3v) is 8.45. The van der Waals surface area contributed by atoms with Gasteiger partial charge in [0.15, 0.2) is 11.6 Å². The Bertz CT molecular complexity index is 1250. The number of methoxy groups -OCH3 is 1. The SMILES string of the molecule is CCCCOc1ccc(C(=O)OC2CCC(c3ccc(-c4ccc(OCCCCCCCCOC)c(F)c4)cc3)CC2)cc1. The largest absolute Gasteiger partial charge is 0.494 e. The molecule has 5 nitrogen and oxygen atoms in total. The second-order valence-corrected chi connectivity index (χ2v) is 11.8. The molecule has 4 rings (SSSR count). The number of ether oxygens (including phenoxy) is 4. The Balaban J connectivity index is 1.18. The van der Waals surface area contributed by atoms with Gasteiger partial charge in [-0.1, -0.05) is 69.4 Å². The average Bonchev–Trinajstić information content (AvgIpc) is 3.05. The van der Waals surface area contributed by atoms with Crippen LogP contribution in [0.3, 0.4) is 0 Å². The number of halogens is 1. The lowest BCUT2D eigenvalue weighted by Gasteiger charge is -2.28. The summed E-state index contributed by atoms with van der Waals surface area (Å²) in [6.45, 7) is 4.18. The fraction of sp³-hybridized carbons (Fsp3) is 0.500. The molecule has 0 spiro atoms. The second kappa shape index (κ2) is 18.4. The van der Waals surface area contributed by atoms with Crippen molar-refractivity contribution < 1.29 is 28.1 Å². The van der Waals surface area contributed by atoms with Crippen molar-refractivity contribution in [3.8, 4) is 22.6 Å². The third kappa shape index (κ3) is 10.7. The fourth-order valence-corrected chi connectivity index (χ4v) is 5.74. The number of hydrogen-bond donors (Lipinski definition) is 0. The number of benzene rings is 3. The highest BCUT2D eigenvalue weighted by Crippen LogP contribution is 2.35. The molecule has 0 radical (unpaired) electrons. The molecular weight excluding hydrogens is 555 g/mol. The van der Waals surface area contributed by atoms with Gasteiger partial charge in [-0.3, -0.25) is 0 Å². The van der Waals surface area contributed by atoms with E-state index in [4.69, 9.17) is 18.9 Å². The number of unbranched alkanes of at least 4 members (excludes halogenated alkanes) is 6. The molecule has 0 atom stereocenters. The standard InChI is InChI=1S/C38H49FO5/c1-3-4-26-42-34-20-17-32(18-21-34)38(40)44-35-22-15-30(16-23-35)29-11-13-31(14-12-29)33-19-24-37(36(39)28-33)43-27-10-8-6-5-7-9-25-41-2/h11-14,17-21,24,28,30,35H,3-10,15-16,22-23,25-27H2,1-2H3. The van der Waals surface area contributed by atoms with E-state index in [1.807, 2.05) is 18.2 Å². The predicted molar refractivity (Wildman–Crippen MR) is 174 cm³/mol. The molecule has 1 fully saturated rings. The van der Waals surface area contributed by atoms with Gasteiger partial charge >= 0.3 is 5.97 Å². The Hall–Kier alpha value is -3.38. The summed E-state index contributed by atoms with van der Waals surface area (Å²) in [6, 6.07) is 20.9. The van der Waals surface area contributed by atoms with E-state index in [0.29, 0.717) is 30.4 Å². The van der Waals surface area contributed by atoms with E-state index in [1.54, 1.807) is 31.4 Å². The number of hydrogen-bond acceptors (Lipinski definition) is 5. The minimum Gasteiger partial charge on any atom is -0.494 e. The van der Waals surface area contributed by atoms with Crippen molar-refractivity contribution in [2.24, 2.45) is 0 Å². The molecule has 0 aromatic heterocycles. The lowest BCUT2D eigenvalue weighted by atomic mass is 9.82. The number of esters is 1. The van der Waals surface area contributed by atoms with E-state index in [9.17, 15) is 9.18 Å². The Kier molecular flexibility index (Phi) is 14.0. The molecule has 0 N–H and O–H groups in total. The van der Waals surface area contributed by atoms with Crippen molar-refractivity contribution in [2.75, 3.05) is 26.9 Å². The quantitative estimate of drug-likeness (QED) is 0.107. The minimum absolute atomic E-state index is 0.0618. The molecule has 0 unspecified atom stereocenters. The van der Waals surface area contributed by atoms with E-state index in [0.717, 1.165) is 81.3 Å². The normalized spacial score (nSPS) is 16.4. The van der Waals surface area contributed by atoms with Crippen LogP contribution in [0.25, 0.3) is 11.1 Å². The second-order valence-electron chi connectivity index (χ2n) is 11.8. The Morgan fingerprint density at radius 1 is 0.727 bits per heavy atom. The van der Waals surface area contributed by atoms with Gasteiger partial charge in [0.05, 0.1) is 18.8 Å². The molecule has 0 aliphatic heterocycles. The van der Waals surface area contributed by atoms with E-state index in [2.05, 4.69) is 31.2 Å². The van der Waals surface area contributed by atoms with Crippen LogP contribution in [0.15, 0.2) is 66.7 Å². The fourth-order valence-electron chi connectivity index (χ4n) is 5.74. The molecule has 1 aliphatic rings. The highest BCUT2D eigenvalue weighted by atomic mass is 19.1. The Labute approximate surface area is 263 Å². The van der Waals surface area contributed by atoms with Gasteiger partial charge in [0.1, 0.15) is 11.9 Å². The van der Waals surface area contributed by atoms with Crippen molar-refractivity contribution in [1.82, 2.24) is 0 Å². The number of carbonyl (C=O) groups is 1. The summed E-state index contributed by atoms with van der Waals surface area (Å²) in [5, 5.41) is 0. The van der Waals surface area contributed by atoms with Crippen LogP contribution in [-0.4, -0.2) is 39.0 Å². The van der Waals surface area contributed by atoms with Gasteiger partial charge in [0, 0.05) is 13.7 Å². The summed E-state index contributed by atoms with van der Waals surface area (Å²) in [6.07, 6.45) is 12.4. The summed E-state index contributed by atoms with van der Waals surface area (Å²) in [5.41, 5.74) is 3.66. The van der Waals surface area contributed by atoms with Crippen LogP contribution in [-0.2, 0) is 9.47 Å². The first-order valence-electron chi connectivity index (χ1n) is 16.5. The van der Waals surface area contributed by atoms with E-state index in [-0.39, 0.29) is 17.9 Å². The molecule has 0 bridgehead atoms. The molecule has 1 aliphatic carbocycles. The van der Waals surface area contributed by atoms with Gasteiger partial charge in [-0.2, -0.15) is 0 Å². The average molecular weight is 605 g/mol. The first-order chi connectivity index (χ1) is 21.6. The van der Waals surface area contributed by atoms with E-state index >= 15 is 0 Å². The lowest BCUT2D eigenvalue weighted by Crippen LogP contribution is -2.24. The maximum Gasteiger partial charge on any atom is 0.338 e. The molecule has 3 aromatic carbocycles. The summed E-state index contributed by atoms with van der Waals surface area (Å²) in [4.78, 5) is 12.7. The number of rotatable bonds is 18. The van der Waals surface area contributed by atoms with E-state index in [1.165, 1.54) is 24.8 Å². The first-order valence-corrected chi connectivity index (χ1v) is 16.5. The van der Waals surface area contributed by atoms with Crippen LogP contribution in [0.5, 0.6) is 11.5 Å². The van der Waals surface area contributed by atoms with Crippen LogP contribution in [0.4, 0.5) is 4.39 Å². The van der Waals surface area contributed by atoms with Crippen molar-refractivity contribution in [3.63, 3.8) is 0 Å². The van der Waals surface area contributed by atoms with Crippen LogP contribution < -0.4 is 9.47 Å². The number of carbonyl (C=O) groups excluding carboxylic acids is 1. The summed E-state index contributed by atoms with van der Waals surface area (Å²) < 4.78 is 37.1. The maximum atomic E-state index is 14.8. The van der Waals surface area contributed by atoms with Gasteiger partial charge in [0.2, 0.25) is 0 Å². The zero-order valence-corrected chi connectivity index (χ0v) is 26.5. The monoisotopic (exact) mass is 604 g/mol. The van der Waals surface area contributed by atoms with Crippen molar-refractivity contribution >= 4 is 5.97 Å². The zero-order valence-electron chi connectivity index (χ0n) is 26.5. The van der Waals surface area contributed by atoms with Crippen molar-refractivity contribution in [3.05, 3.63) is 83.7 Å². The first kappa shape index (κ1) is 33.5. The molecular formula is C38H49FO5. The van der Waals surface area contributed by atoms with Crippen LogP contribution in [0, 0.1) is 5.82 Å². The molecule has 0 saturated heterocycles. The Morgan fingerprint density at radius 3 is 2.02 bits per heavy atom. The lowest BCUT2D eigenvalue weighted by molar-refractivity contribution is 0.0195. The van der Waals surface area contributed by atoms with Crippen molar-refractivity contribution in [2.45, 2.75) is 96.0 Å². The minimum atomic E-state index is -0.324.